The monoisotopic (exact) mass is 136 g/mol. The molecular formula is C6H4N2O2. The summed E-state index contributed by atoms with van der Waals surface area (Å²) in [5.41, 5.74) is 0. The van der Waals surface area contributed by atoms with Gasteiger partial charge < -0.3 is 8.83 Å². The Morgan fingerprint density at radius 3 is 2.90 bits per heavy atom. The van der Waals surface area contributed by atoms with Crippen LogP contribution in [-0.2, 0) is 0 Å². The third-order valence-electron chi connectivity index (χ3n) is 1.09. The zero-order valence-corrected chi connectivity index (χ0v) is 5.02. The Morgan fingerprint density at radius 2 is 2.30 bits per heavy atom. The lowest BCUT2D eigenvalue weighted by atomic mass is 10.5. The molecule has 0 aromatic carbocycles. The molecule has 0 saturated heterocycles. The quantitative estimate of drug-likeness (QED) is 0.593. The Kier molecular flexibility index (Phi) is 1.04. The third kappa shape index (κ3) is 0.699. The second-order valence-electron chi connectivity index (χ2n) is 1.72. The van der Waals surface area contributed by atoms with Crippen molar-refractivity contribution in [1.29, 1.82) is 0 Å². The van der Waals surface area contributed by atoms with Gasteiger partial charge in [-0.2, -0.15) is 0 Å². The first-order chi connectivity index (χ1) is 4.97. The third-order valence-corrected chi connectivity index (χ3v) is 1.09. The molecule has 2 aromatic heterocycles. The maximum atomic E-state index is 4.98. The van der Waals surface area contributed by atoms with E-state index in [0.29, 0.717) is 11.7 Å². The molecule has 0 fully saturated rings. The lowest BCUT2D eigenvalue weighted by Crippen LogP contribution is -1.70. The summed E-state index contributed by atoms with van der Waals surface area (Å²) in [4.78, 5) is 0. The van der Waals surface area contributed by atoms with Gasteiger partial charge in [-0.25, -0.2) is 0 Å². The Morgan fingerprint density at radius 1 is 1.30 bits per heavy atom. The van der Waals surface area contributed by atoms with Gasteiger partial charge in [0.05, 0.1) is 6.26 Å². The molecule has 0 saturated carbocycles. The fourth-order valence-electron chi connectivity index (χ4n) is 0.681. The van der Waals surface area contributed by atoms with E-state index in [4.69, 9.17) is 8.83 Å². The van der Waals surface area contributed by atoms with E-state index in [9.17, 15) is 0 Å². The van der Waals surface area contributed by atoms with Crippen LogP contribution in [0, 0.1) is 0 Å². The van der Waals surface area contributed by atoms with Gasteiger partial charge in [0.15, 0.2) is 5.76 Å². The van der Waals surface area contributed by atoms with Crippen molar-refractivity contribution < 1.29 is 8.83 Å². The van der Waals surface area contributed by atoms with Gasteiger partial charge in [0.1, 0.15) is 0 Å². The van der Waals surface area contributed by atoms with E-state index < -0.39 is 0 Å². The van der Waals surface area contributed by atoms with Crippen molar-refractivity contribution in [2.45, 2.75) is 0 Å². The summed E-state index contributed by atoms with van der Waals surface area (Å²) in [6, 6.07) is 3.52. The summed E-state index contributed by atoms with van der Waals surface area (Å²) in [6.07, 6.45) is 2.82. The highest BCUT2D eigenvalue weighted by molar-refractivity contribution is 5.41. The van der Waals surface area contributed by atoms with Gasteiger partial charge >= 0.3 is 0 Å². The summed E-state index contributed by atoms with van der Waals surface area (Å²) >= 11 is 0. The van der Waals surface area contributed by atoms with Crippen molar-refractivity contribution in [3.05, 3.63) is 24.8 Å². The number of hydrogen-bond donors (Lipinski definition) is 0. The van der Waals surface area contributed by atoms with Gasteiger partial charge in [-0.1, -0.05) is 0 Å². The second kappa shape index (κ2) is 1.98. The molecule has 0 aliphatic rings. The molecule has 2 heterocycles. The van der Waals surface area contributed by atoms with E-state index in [2.05, 4.69) is 10.2 Å². The average molecular weight is 136 g/mol. The first-order valence-electron chi connectivity index (χ1n) is 2.77. The number of hydrogen-bond acceptors (Lipinski definition) is 4. The first-order valence-corrected chi connectivity index (χ1v) is 2.77. The fourth-order valence-corrected chi connectivity index (χ4v) is 0.681. The van der Waals surface area contributed by atoms with E-state index in [1.54, 1.807) is 18.4 Å². The van der Waals surface area contributed by atoms with Crippen molar-refractivity contribution in [3.63, 3.8) is 0 Å². The minimum atomic E-state index is 0.407. The molecule has 10 heavy (non-hydrogen) atoms. The molecule has 2 rings (SSSR count). The summed E-state index contributed by atoms with van der Waals surface area (Å²) < 4.78 is 9.84. The van der Waals surface area contributed by atoms with Crippen LogP contribution in [0.15, 0.2) is 33.6 Å². The zero-order chi connectivity index (χ0) is 6.81. The smallest absolute Gasteiger partial charge is 0.283 e. The van der Waals surface area contributed by atoms with Crippen LogP contribution in [0.25, 0.3) is 11.7 Å². The van der Waals surface area contributed by atoms with Crippen LogP contribution in [0.4, 0.5) is 0 Å². The van der Waals surface area contributed by atoms with Crippen LogP contribution in [-0.4, -0.2) is 10.2 Å². The molecule has 0 bridgehead atoms. The molecule has 50 valence electrons. The van der Waals surface area contributed by atoms with E-state index in [-0.39, 0.29) is 0 Å². The van der Waals surface area contributed by atoms with Gasteiger partial charge in [0.2, 0.25) is 6.39 Å². The van der Waals surface area contributed by atoms with Crippen molar-refractivity contribution in [3.8, 4) is 11.7 Å². The topological polar surface area (TPSA) is 52.1 Å². The Balaban J connectivity index is 2.48. The first kappa shape index (κ1) is 5.22. The Hall–Kier alpha value is -1.58. The summed E-state index contributed by atoms with van der Waals surface area (Å²) in [5.74, 6) is 1.00. The van der Waals surface area contributed by atoms with E-state index in [1.807, 2.05) is 0 Å². The molecule has 4 heteroatoms. The normalized spacial score (nSPS) is 10.0. The van der Waals surface area contributed by atoms with Crippen LogP contribution >= 0.6 is 0 Å². The lowest BCUT2D eigenvalue weighted by Gasteiger charge is -1.81. The lowest BCUT2D eigenvalue weighted by molar-refractivity contribution is 0.516. The van der Waals surface area contributed by atoms with Crippen molar-refractivity contribution in [2.75, 3.05) is 0 Å². The molecule has 0 amide bonds. The summed E-state index contributed by atoms with van der Waals surface area (Å²) in [5, 5.41) is 7.15. The number of aromatic nitrogens is 2. The van der Waals surface area contributed by atoms with E-state index in [0.717, 1.165) is 0 Å². The highest BCUT2D eigenvalue weighted by Gasteiger charge is 2.03. The number of rotatable bonds is 1. The fraction of sp³-hybridized carbons (Fsp3) is 0. The van der Waals surface area contributed by atoms with Crippen LogP contribution in [0.5, 0.6) is 0 Å². The van der Waals surface area contributed by atoms with Gasteiger partial charge in [-0.15, -0.1) is 10.2 Å². The maximum Gasteiger partial charge on any atom is 0.283 e. The standard InChI is InChI=1S/C6H4N2O2/c1-2-5(9-3-1)6-8-7-4-10-6/h1-4H. The molecule has 0 aliphatic heterocycles. The summed E-state index contributed by atoms with van der Waals surface area (Å²) in [6.45, 7) is 0. The zero-order valence-electron chi connectivity index (χ0n) is 5.02. The largest absolute Gasteiger partial charge is 0.459 e. The van der Waals surface area contributed by atoms with E-state index in [1.165, 1.54) is 6.39 Å². The maximum absolute atomic E-state index is 4.98. The average Bonchev–Trinajstić information content (AvgIpc) is 2.59. The van der Waals surface area contributed by atoms with Gasteiger partial charge in [0.25, 0.3) is 5.89 Å². The molecule has 0 atom stereocenters. The Bertz CT molecular complexity index is 253. The van der Waals surface area contributed by atoms with Crippen molar-refractivity contribution in [2.24, 2.45) is 0 Å². The van der Waals surface area contributed by atoms with Crippen molar-refractivity contribution >= 4 is 0 Å². The number of nitrogens with zero attached hydrogens (tertiary/aromatic N) is 2. The molecule has 0 unspecified atom stereocenters. The van der Waals surface area contributed by atoms with Crippen LogP contribution in [0.2, 0.25) is 0 Å². The molecular weight excluding hydrogens is 132 g/mol. The highest BCUT2D eigenvalue weighted by Crippen LogP contribution is 2.14. The van der Waals surface area contributed by atoms with Crippen LogP contribution in [0.1, 0.15) is 0 Å². The van der Waals surface area contributed by atoms with Crippen LogP contribution < -0.4 is 0 Å². The number of furan rings is 1. The van der Waals surface area contributed by atoms with Crippen molar-refractivity contribution in [1.82, 2.24) is 10.2 Å². The molecule has 2 aromatic rings. The van der Waals surface area contributed by atoms with Gasteiger partial charge in [-0.05, 0) is 12.1 Å². The minimum Gasteiger partial charge on any atom is -0.459 e. The Labute approximate surface area is 56.5 Å². The van der Waals surface area contributed by atoms with Crippen LogP contribution in [0.3, 0.4) is 0 Å². The minimum absolute atomic E-state index is 0.407. The molecule has 4 nitrogen and oxygen atoms in total. The predicted octanol–water partition coefficient (Wildman–Crippen LogP) is 1.33. The predicted molar refractivity (Wildman–Crippen MR) is 32.0 cm³/mol. The van der Waals surface area contributed by atoms with Gasteiger partial charge in [0, 0.05) is 0 Å². The SMILES string of the molecule is c1coc(-c2nnco2)c1. The van der Waals surface area contributed by atoms with Gasteiger partial charge in [-0.3, -0.25) is 0 Å². The summed E-state index contributed by atoms with van der Waals surface area (Å²) in [7, 11) is 0. The molecule has 0 radical (unpaired) electrons. The molecule has 0 aliphatic carbocycles. The second-order valence-corrected chi connectivity index (χ2v) is 1.72. The molecule has 0 spiro atoms. The van der Waals surface area contributed by atoms with E-state index >= 15 is 0 Å². The highest BCUT2D eigenvalue weighted by atomic mass is 16.4. The molecule has 0 N–H and O–H groups in total.